The Kier molecular flexibility index (Phi) is 5.34. The van der Waals surface area contributed by atoms with E-state index in [1.165, 1.54) is 12.1 Å². The number of hydrogen-bond donors (Lipinski definition) is 0. The van der Waals surface area contributed by atoms with Gasteiger partial charge in [-0.15, -0.1) is 0 Å². The molecule has 0 aliphatic carbocycles. The molecule has 0 atom stereocenters. The van der Waals surface area contributed by atoms with Gasteiger partial charge in [0.1, 0.15) is 11.6 Å². The minimum Gasteiger partial charge on any atom is -0.495 e. The van der Waals surface area contributed by atoms with E-state index in [4.69, 9.17) is 16.3 Å². The second-order valence-electron chi connectivity index (χ2n) is 6.16. The molecule has 1 aromatic heterocycles. The molecule has 27 heavy (non-hydrogen) atoms. The number of rotatable bonds is 4. The summed E-state index contributed by atoms with van der Waals surface area (Å²) >= 11 is 6.18. The molecule has 5 heteroatoms. The molecule has 0 fully saturated rings. The van der Waals surface area contributed by atoms with Crippen molar-refractivity contribution in [1.29, 1.82) is 5.26 Å². The molecule has 0 radical (unpaired) electrons. The molecule has 0 amide bonds. The predicted octanol–water partition coefficient (Wildman–Crippen LogP) is 5.96. The van der Waals surface area contributed by atoms with Crippen LogP contribution in [0.3, 0.4) is 0 Å². The molecule has 0 saturated heterocycles. The highest BCUT2D eigenvalue weighted by Gasteiger charge is 2.15. The van der Waals surface area contributed by atoms with Crippen LogP contribution in [-0.2, 0) is 0 Å². The van der Waals surface area contributed by atoms with Crippen molar-refractivity contribution >= 4 is 23.3 Å². The zero-order chi connectivity index (χ0) is 19.6. The van der Waals surface area contributed by atoms with Crippen LogP contribution in [0.25, 0.3) is 17.3 Å². The van der Waals surface area contributed by atoms with E-state index in [1.807, 2.05) is 36.6 Å². The van der Waals surface area contributed by atoms with Gasteiger partial charge in [0.2, 0.25) is 0 Å². The third-order valence-corrected chi connectivity index (χ3v) is 4.64. The highest BCUT2D eigenvalue weighted by atomic mass is 35.5. The van der Waals surface area contributed by atoms with Crippen LogP contribution in [0.5, 0.6) is 5.75 Å². The number of aromatic nitrogens is 1. The Hall–Kier alpha value is -3.03. The van der Waals surface area contributed by atoms with Crippen LogP contribution in [0.15, 0.2) is 48.5 Å². The summed E-state index contributed by atoms with van der Waals surface area (Å²) in [6.45, 7) is 3.93. The smallest absolute Gasteiger partial charge is 0.142 e. The van der Waals surface area contributed by atoms with Gasteiger partial charge in [-0.25, -0.2) is 4.39 Å². The van der Waals surface area contributed by atoms with Crippen molar-refractivity contribution in [3.05, 3.63) is 81.9 Å². The minimum absolute atomic E-state index is 0.372. The molecule has 0 spiro atoms. The summed E-state index contributed by atoms with van der Waals surface area (Å²) in [5.74, 6) is 0.324. The molecule has 3 rings (SSSR count). The van der Waals surface area contributed by atoms with Crippen molar-refractivity contribution in [2.24, 2.45) is 0 Å². The first-order chi connectivity index (χ1) is 12.9. The fourth-order valence-corrected chi connectivity index (χ4v) is 3.30. The Balaban J connectivity index is 2.14. The number of ether oxygens (including phenoxy) is 1. The van der Waals surface area contributed by atoms with Gasteiger partial charge in [-0.2, -0.15) is 5.26 Å². The molecule has 0 N–H and O–H groups in total. The number of hydrogen-bond acceptors (Lipinski definition) is 2. The Bertz CT molecular complexity index is 1080. The molecule has 0 unspecified atom stereocenters. The summed E-state index contributed by atoms with van der Waals surface area (Å²) < 4.78 is 21.0. The summed E-state index contributed by atoms with van der Waals surface area (Å²) in [6, 6.07) is 15.6. The van der Waals surface area contributed by atoms with Crippen LogP contribution in [0.2, 0.25) is 5.02 Å². The average Bonchev–Trinajstić information content (AvgIpc) is 2.92. The lowest BCUT2D eigenvalue weighted by molar-refractivity contribution is 0.412. The van der Waals surface area contributed by atoms with Crippen molar-refractivity contribution < 1.29 is 9.13 Å². The van der Waals surface area contributed by atoms with Gasteiger partial charge in [-0.05, 0) is 67.4 Å². The van der Waals surface area contributed by atoms with Crippen molar-refractivity contribution in [3.63, 3.8) is 0 Å². The SMILES string of the molecule is COc1ccc(Cl)cc1-n1c(C)cc(/C=C(/C#N)c2cccc(F)c2)c1C. The van der Waals surface area contributed by atoms with Crippen molar-refractivity contribution in [2.75, 3.05) is 7.11 Å². The zero-order valence-corrected chi connectivity index (χ0v) is 16.0. The van der Waals surface area contributed by atoms with Gasteiger partial charge in [0, 0.05) is 16.4 Å². The van der Waals surface area contributed by atoms with Gasteiger partial charge >= 0.3 is 0 Å². The van der Waals surface area contributed by atoms with Crippen LogP contribution in [0.1, 0.15) is 22.5 Å². The molecular weight excluding hydrogens is 363 g/mol. The van der Waals surface area contributed by atoms with E-state index >= 15 is 0 Å². The van der Waals surface area contributed by atoms with E-state index in [9.17, 15) is 9.65 Å². The second kappa shape index (κ2) is 7.69. The summed E-state index contributed by atoms with van der Waals surface area (Å²) in [5.41, 5.74) is 4.53. The van der Waals surface area contributed by atoms with Gasteiger partial charge in [0.05, 0.1) is 24.4 Å². The van der Waals surface area contributed by atoms with Crippen LogP contribution in [-0.4, -0.2) is 11.7 Å². The van der Waals surface area contributed by atoms with E-state index in [1.54, 1.807) is 31.4 Å². The molecular formula is C22H18ClFN2O. The Labute approximate surface area is 162 Å². The zero-order valence-electron chi connectivity index (χ0n) is 15.3. The Morgan fingerprint density at radius 3 is 2.63 bits per heavy atom. The minimum atomic E-state index is -0.372. The van der Waals surface area contributed by atoms with Crippen LogP contribution in [0, 0.1) is 31.0 Å². The van der Waals surface area contributed by atoms with Gasteiger partial charge in [0.15, 0.2) is 0 Å². The first kappa shape index (κ1) is 18.8. The molecule has 0 saturated carbocycles. The first-order valence-corrected chi connectivity index (χ1v) is 8.73. The lowest BCUT2D eigenvalue weighted by Gasteiger charge is -2.14. The molecule has 136 valence electrons. The fraction of sp³-hybridized carbons (Fsp3) is 0.136. The van der Waals surface area contributed by atoms with Gasteiger partial charge in [-0.3, -0.25) is 0 Å². The fourth-order valence-electron chi connectivity index (χ4n) is 3.13. The summed E-state index contributed by atoms with van der Waals surface area (Å²) in [7, 11) is 1.61. The van der Waals surface area contributed by atoms with Gasteiger partial charge in [0.25, 0.3) is 0 Å². The summed E-state index contributed by atoms with van der Waals surface area (Å²) in [6.07, 6.45) is 1.77. The van der Waals surface area contributed by atoms with E-state index in [0.717, 1.165) is 22.6 Å². The Morgan fingerprint density at radius 2 is 1.96 bits per heavy atom. The highest BCUT2D eigenvalue weighted by Crippen LogP contribution is 2.32. The van der Waals surface area contributed by atoms with E-state index < -0.39 is 0 Å². The maximum Gasteiger partial charge on any atom is 0.142 e. The van der Waals surface area contributed by atoms with Gasteiger partial charge < -0.3 is 9.30 Å². The lowest BCUT2D eigenvalue weighted by atomic mass is 10.0. The molecule has 3 aromatic rings. The van der Waals surface area contributed by atoms with Crippen molar-refractivity contribution in [3.8, 4) is 17.5 Å². The predicted molar refractivity (Wildman–Crippen MR) is 107 cm³/mol. The second-order valence-corrected chi connectivity index (χ2v) is 6.59. The lowest BCUT2D eigenvalue weighted by Crippen LogP contribution is -2.02. The van der Waals surface area contributed by atoms with E-state index in [-0.39, 0.29) is 5.82 Å². The molecule has 0 aliphatic rings. The van der Waals surface area contributed by atoms with Gasteiger partial charge in [-0.1, -0.05) is 23.7 Å². The van der Waals surface area contributed by atoms with Crippen molar-refractivity contribution in [2.45, 2.75) is 13.8 Å². The summed E-state index contributed by atoms with van der Waals surface area (Å²) in [4.78, 5) is 0. The Morgan fingerprint density at radius 1 is 1.19 bits per heavy atom. The highest BCUT2D eigenvalue weighted by molar-refractivity contribution is 6.30. The third kappa shape index (κ3) is 3.74. The first-order valence-electron chi connectivity index (χ1n) is 8.35. The summed E-state index contributed by atoms with van der Waals surface area (Å²) in [5, 5.41) is 10.2. The van der Waals surface area contributed by atoms with Crippen LogP contribution < -0.4 is 4.74 Å². The number of aryl methyl sites for hydroxylation is 1. The topological polar surface area (TPSA) is 38.0 Å². The van der Waals surface area contributed by atoms with Crippen molar-refractivity contribution in [1.82, 2.24) is 4.57 Å². The largest absolute Gasteiger partial charge is 0.495 e. The number of nitriles is 1. The third-order valence-electron chi connectivity index (χ3n) is 4.41. The standard InChI is InChI=1S/C22H18ClFN2O/c1-14-9-17(10-18(13-25)16-5-4-6-20(24)11-16)15(2)26(14)21-12-19(23)7-8-22(21)27-3/h4-12H,1-3H3/b18-10-. The molecule has 1 heterocycles. The number of nitrogens with zero attached hydrogens (tertiary/aromatic N) is 2. The van der Waals surface area contributed by atoms with E-state index in [0.29, 0.717) is 21.9 Å². The molecule has 0 aliphatic heterocycles. The number of methoxy groups -OCH3 is 1. The number of allylic oxidation sites excluding steroid dienone is 1. The molecule has 3 nitrogen and oxygen atoms in total. The number of halogens is 2. The molecule has 0 bridgehead atoms. The number of benzene rings is 2. The van der Waals surface area contributed by atoms with E-state index in [2.05, 4.69) is 6.07 Å². The van der Waals surface area contributed by atoms with Crippen LogP contribution in [0.4, 0.5) is 4.39 Å². The normalized spacial score (nSPS) is 11.3. The average molecular weight is 381 g/mol. The monoisotopic (exact) mass is 380 g/mol. The maximum absolute atomic E-state index is 13.5. The van der Waals surface area contributed by atoms with Crippen LogP contribution >= 0.6 is 11.6 Å². The maximum atomic E-state index is 13.5. The molecule has 2 aromatic carbocycles. The quantitative estimate of drug-likeness (QED) is 0.524.